The molecule has 3 radical (unpaired) electrons. The number of nitrogens with zero attached hydrogens (tertiary/aromatic N) is 3. The minimum absolute atomic E-state index is 0. The second-order valence-corrected chi connectivity index (χ2v) is 27.3. The van der Waals surface area contributed by atoms with Crippen LogP contribution in [0.25, 0.3) is 99.9 Å². The van der Waals surface area contributed by atoms with Crippen molar-refractivity contribution in [3.05, 3.63) is 305 Å². The first-order valence-corrected chi connectivity index (χ1v) is 33.6. The van der Waals surface area contributed by atoms with E-state index in [1.165, 1.54) is 72.8 Å². The van der Waals surface area contributed by atoms with Gasteiger partial charge in [-0.25, -0.2) is 8.78 Å². The topological polar surface area (TPSA) is 38.7 Å². The zero-order valence-corrected chi connectivity index (χ0v) is 65.9. The van der Waals surface area contributed by atoms with E-state index in [0.29, 0.717) is 51.7 Å². The van der Waals surface area contributed by atoms with Crippen molar-refractivity contribution in [1.29, 1.82) is 0 Å². The second kappa shape index (κ2) is 30.5. The molecule has 625 valence electrons. The van der Waals surface area contributed by atoms with Gasteiger partial charge in [-0.1, -0.05) is 191 Å². The SMILES string of the molecule is CC1(C(F)(F)F)c2cc(-c3ccc4ccccc4n3)[c-]cc2-c2cc(F)cc(F)c21.FC(F)(F)C(C(F)(F)F)(C(F)(F)F)C1(C(C(F)(F)F)(C(F)(F)F)C(F)(F)F)c2ccccc2-c2c[c-]c(-c3ccc4ccccc4n3)cc21.FC(F)(F)c1ccc2c(c1)C(c1ccccc1)(C(F)(F)F)c1cc(-c3ccc4ccccc4n3)[c-]cc1-2.[Ir].[Ir].[Ir]. The number of benzene rings is 10. The molecule has 0 saturated heterocycles. The van der Waals surface area contributed by atoms with Crippen molar-refractivity contribution in [3.8, 4) is 67.2 Å². The minimum Gasteiger partial charge on any atom is -0.296 e. The molecule has 0 bridgehead atoms. The van der Waals surface area contributed by atoms with Crippen molar-refractivity contribution in [3.63, 3.8) is 0 Å². The smallest absolute Gasteiger partial charge is 0.296 e. The van der Waals surface area contributed by atoms with Crippen LogP contribution in [0.5, 0.6) is 0 Å². The largest absolute Gasteiger partial charge is 0.416 e. The van der Waals surface area contributed by atoms with Crippen molar-refractivity contribution in [2.45, 2.75) is 78.8 Å². The summed E-state index contributed by atoms with van der Waals surface area (Å²) in [6.45, 7) is 0.927. The standard InChI is InChI=1S/C30H12F18N.C30H16F6N.C24H13F5N.3Ir/c31-25(32,33)23(26(34,35)36,27(37,38)39)22(24(28(40,41)42,29(43,44)45)30(46,47)48)18-7-3-2-6-16(18)17-11-9-15(13-19(17)22)21-12-10-14-5-1-4-8-20(14)49-21;31-29(32,33)21-12-14-23-22-13-10-19(27-15-11-18-6-4-5-9-26(18)37-27)16-24(22)28(25(23)17-21,30(34,35)36)20-7-2-1-3-8-20;1-23(24(27,28)29)18-10-14(21-9-7-13-4-2-3-5-20(13)30-21)6-8-16(18)17-11-15(25)12-19(26)22(17)23;;;/h1-8,10-13H;1-9,11-17H;2-5,7-12H,1H3;;;/q3*-1;;;. The van der Waals surface area contributed by atoms with Crippen molar-refractivity contribution in [2.75, 3.05) is 0 Å². The fourth-order valence-electron chi connectivity index (χ4n) is 16.4. The van der Waals surface area contributed by atoms with Gasteiger partial charge in [0, 0.05) is 71.9 Å². The van der Waals surface area contributed by atoms with Gasteiger partial charge in [-0.15, -0.1) is 82.4 Å². The van der Waals surface area contributed by atoms with E-state index >= 15 is 13.2 Å². The number of fused-ring (bicyclic) bond motifs is 12. The molecule has 16 rings (SSSR count). The Morgan fingerprint density at radius 3 is 1.06 bits per heavy atom. The Kier molecular flexibility index (Phi) is 23.1. The van der Waals surface area contributed by atoms with E-state index in [1.54, 1.807) is 30.3 Å². The normalized spacial score (nSPS) is 16.4. The van der Waals surface area contributed by atoms with Gasteiger partial charge in [0.1, 0.15) is 17.0 Å². The van der Waals surface area contributed by atoms with Crippen LogP contribution in [0.4, 0.5) is 127 Å². The molecule has 3 aliphatic rings. The monoisotopic (exact) mass is 2220 g/mol. The molecule has 0 spiro atoms. The number of para-hydroxylation sites is 3. The molecule has 3 heterocycles. The Morgan fingerprint density at radius 1 is 0.303 bits per heavy atom. The molecule has 3 nitrogen and oxygen atoms in total. The average Bonchev–Trinajstić information content (AvgIpc) is 1.45. The number of hydrogen-bond acceptors (Lipinski definition) is 3. The number of halogens is 29. The van der Waals surface area contributed by atoms with Gasteiger partial charge in [0.2, 0.25) is 0 Å². The van der Waals surface area contributed by atoms with Crippen molar-refractivity contribution in [1.82, 2.24) is 15.0 Å². The van der Waals surface area contributed by atoms with Gasteiger partial charge in [0.05, 0.1) is 32.9 Å². The van der Waals surface area contributed by atoms with E-state index in [0.717, 1.165) is 48.0 Å². The first-order valence-electron chi connectivity index (χ1n) is 33.6. The third kappa shape index (κ3) is 13.7. The van der Waals surface area contributed by atoms with Crippen LogP contribution in [0.1, 0.15) is 51.4 Å². The number of aromatic nitrogens is 3. The van der Waals surface area contributed by atoms with Crippen molar-refractivity contribution in [2.24, 2.45) is 10.8 Å². The molecule has 3 aromatic heterocycles. The molecule has 2 atom stereocenters. The predicted octanol–water partition coefficient (Wildman–Crippen LogP) is 26.7. The third-order valence-corrected chi connectivity index (χ3v) is 21.2. The second-order valence-electron chi connectivity index (χ2n) is 27.3. The van der Waals surface area contributed by atoms with E-state index in [9.17, 15) is 114 Å². The zero-order chi connectivity index (χ0) is 84.3. The maximum atomic E-state index is 15.3. The predicted molar refractivity (Wildman–Crippen MR) is 366 cm³/mol. The van der Waals surface area contributed by atoms with Crippen LogP contribution in [0.15, 0.2) is 231 Å². The van der Waals surface area contributed by atoms with Crippen LogP contribution in [0.3, 0.4) is 0 Å². The van der Waals surface area contributed by atoms with Crippen LogP contribution in [-0.4, -0.2) is 64.4 Å². The average molecular weight is 2220 g/mol. The molecule has 0 N–H and O–H groups in total. The van der Waals surface area contributed by atoms with E-state index in [4.69, 9.17) is 0 Å². The van der Waals surface area contributed by atoms with E-state index in [1.807, 2.05) is 48.5 Å². The van der Waals surface area contributed by atoms with Gasteiger partial charge in [-0.3, -0.25) is 15.0 Å². The van der Waals surface area contributed by atoms with Gasteiger partial charge in [-0.2, -0.15) is 119 Å². The summed E-state index contributed by atoms with van der Waals surface area (Å²) >= 11 is 0. The van der Waals surface area contributed by atoms with Gasteiger partial charge >= 0.3 is 55.6 Å². The van der Waals surface area contributed by atoms with Crippen LogP contribution in [-0.2, 0) is 82.7 Å². The van der Waals surface area contributed by atoms with Crippen LogP contribution < -0.4 is 0 Å². The quantitative estimate of drug-likeness (QED) is 0.123. The first kappa shape index (κ1) is 90.1. The van der Waals surface area contributed by atoms with Gasteiger partial charge < -0.3 is 0 Å². The van der Waals surface area contributed by atoms with Gasteiger partial charge in [0.15, 0.2) is 0 Å². The molecule has 0 aliphatic heterocycles. The molecule has 35 heteroatoms. The molecule has 13 aromatic rings. The van der Waals surface area contributed by atoms with Crippen molar-refractivity contribution < 1.29 is 188 Å². The Morgan fingerprint density at radius 2 is 0.655 bits per heavy atom. The summed E-state index contributed by atoms with van der Waals surface area (Å²) in [4.78, 5) is 13.0. The van der Waals surface area contributed by atoms with Gasteiger partial charge in [0.25, 0.3) is 10.8 Å². The Hall–Kier alpha value is -9.65. The molecule has 0 fully saturated rings. The molecule has 119 heavy (non-hydrogen) atoms. The van der Waals surface area contributed by atoms with Crippen LogP contribution >= 0.6 is 0 Å². The van der Waals surface area contributed by atoms with E-state index in [-0.39, 0.29) is 128 Å². The minimum atomic E-state index is -8.45. The Balaban J connectivity index is 0.000000178. The molecular formula is C84H41F29Ir3N3-3. The number of alkyl halides is 27. The zero-order valence-electron chi connectivity index (χ0n) is 58.7. The van der Waals surface area contributed by atoms with E-state index < -0.39 is 157 Å². The van der Waals surface area contributed by atoms with Crippen molar-refractivity contribution >= 4 is 32.7 Å². The summed E-state index contributed by atoms with van der Waals surface area (Å²) in [5.74, 6) is -2.14. The summed E-state index contributed by atoms with van der Waals surface area (Å²) in [7, 11) is 0. The maximum absolute atomic E-state index is 15.3. The Labute approximate surface area is 692 Å². The first-order chi connectivity index (χ1) is 53.9. The fraction of sp³-hybridized carbons (Fsp3) is 0.179. The number of rotatable bonds is 6. The summed E-state index contributed by atoms with van der Waals surface area (Å²) < 4.78 is 428. The molecule has 10 aromatic carbocycles. The van der Waals surface area contributed by atoms with Crippen LogP contribution in [0.2, 0.25) is 0 Å². The number of pyridine rings is 3. The molecule has 0 amide bonds. The summed E-state index contributed by atoms with van der Waals surface area (Å²) in [6, 6.07) is 53.8. The fourth-order valence-corrected chi connectivity index (χ4v) is 16.4. The van der Waals surface area contributed by atoms with Crippen LogP contribution in [0, 0.1) is 40.7 Å². The summed E-state index contributed by atoms with van der Waals surface area (Å²) in [6.07, 6.45) is -64.8. The summed E-state index contributed by atoms with van der Waals surface area (Å²) in [5, 5.41) is 2.03. The molecule has 0 saturated carbocycles. The number of hydrogen-bond donors (Lipinski definition) is 0. The molecule has 3 aliphatic carbocycles. The Bertz CT molecular complexity index is 5940. The molecular weight excluding hydrogens is 2180 g/mol. The van der Waals surface area contributed by atoms with Gasteiger partial charge in [-0.05, 0) is 92.7 Å². The summed E-state index contributed by atoms with van der Waals surface area (Å²) in [5.41, 5.74) is -39.9. The van der Waals surface area contributed by atoms with E-state index in [2.05, 4.69) is 33.2 Å². The maximum Gasteiger partial charge on any atom is 0.416 e. The molecule has 2 unspecified atom stereocenters. The third-order valence-electron chi connectivity index (χ3n) is 21.2.